The summed E-state index contributed by atoms with van der Waals surface area (Å²) < 4.78 is 18.3. The molecule has 0 aliphatic carbocycles. The molecule has 0 radical (unpaired) electrons. The van der Waals surface area contributed by atoms with Crippen LogP contribution in [0.25, 0.3) is 0 Å². The van der Waals surface area contributed by atoms with Gasteiger partial charge in [-0.25, -0.2) is 4.39 Å². The number of halogens is 2. The zero-order chi connectivity index (χ0) is 12.8. The normalized spacial score (nSPS) is 11.9. The minimum Gasteiger partial charge on any atom is -0.384 e. The van der Waals surface area contributed by atoms with Gasteiger partial charge < -0.3 is 4.74 Å². The number of ketones is 1. The van der Waals surface area contributed by atoms with E-state index >= 15 is 0 Å². The van der Waals surface area contributed by atoms with Crippen LogP contribution in [0.4, 0.5) is 4.39 Å². The molecule has 5 heteroatoms. The zero-order valence-electron chi connectivity index (χ0n) is 9.24. The molecule has 1 rings (SSSR count). The van der Waals surface area contributed by atoms with Crippen LogP contribution in [0.2, 0.25) is 5.02 Å². The topological polar surface area (TPSA) is 50.1 Å². The number of nitriles is 1. The SMILES string of the molecule is COCCC(=O)C(C#N)c1c(F)cccc1Cl. The molecule has 1 unspecified atom stereocenters. The number of hydrogen-bond acceptors (Lipinski definition) is 3. The Hall–Kier alpha value is -1.44. The zero-order valence-corrected chi connectivity index (χ0v) is 10.00. The molecule has 0 fully saturated rings. The summed E-state index contributed by atoms with van der Waals surface area (Å²) >= 11 is 5.81. The molecule has 0 saturated carbocycles. The van der Waals surface area contributed by atoms with Gasteiger partial charge in [0, 0.05) is 24.1 Å². The Morgan fingerprint density at radius 3 is 2.88 bits per heavy atom. The highest BCUT2D eigenvalue weighted by molar-refractivity contribution is 6.31. The Bertz CT molecular complexity index is 436. The Labute approximate surface area is 104 Å². The van der Waals surface area contributed by atoms with Crippen LogP contribution in [0.5, 0.6) is 0 Å². The summed E-state index contributed by atoms with van der Waals surface area (Å²) in [6.45, 7) is 0.198. The number of hydrogen-bond donors (Lipinski definition) is 0. The molecule has 0 N–H and O–H groups in total. The minimum absolute atomic E-state index is 0.0550. The standard InChI is InChI=1S/C12H11ClFNO2/c1-17-6-5-11(16)8(7-15)12-9(13)3-2-4-10(12)14/h2-4,8H,5-6H2,1H3. The lowest BCUT2D eigenvalue weighted by Crippen LogP contribution is -2.14. The van der Waals surface area contributed by atoms with Crippen LogP contribution < -0.4 is 0 Å². The molecule has 17 heavy (non-hydrogen) atoms. The van der Waals surface area contributed by atoms with Crippen LogP contribution in [-0.4, -0.2) is 19.5 Å². The number of rotatable bonds is 5. The lowest BCUT2D eigenvalue weighted by molar-refractivity contribution is -0.120. The van der Waals surface area contributed by atoms with Crippen LogP contribution in [0.3, 0.4) is 0 Å². The fraction of sp³-hybridized carbons (Fsp3) is 0.333. The minimum atomic E-state index is -1.18. The molecule has 0 aliphatic heterocycles. The molecule has 3 nitrogen and oxygen atoms in total. The number of nitrogens with zero attached hydrogens (tertiary/aromatic N) is 1. The molecule has 0 saturated heterocycles. The fourth-order valence-electron chi connectivity index (χ4n) is 1.43. The van der Waals surface area contributed by atoms with Crippen LogP contribution in [0.1, 0.15) is 17.9 Å². The van der Waals surface area contributed by atoms with Gasteiger partial charge in [-0.2, -0.15) is 5.26 Å². The summed E-state index contributed by atoms with van der Waals surface area (Å²) in [6.07, 6.45) is 0.0550. The van der Waals surface area contributed by atoms with E-state index in [1.54, 1.807) is 6.07 Å². The second kappa shape index (κ2) is 6.33. The Morgan fingerprint density at radius 2 is 2.35 bits per heavy atom. The molecule has 0 amide bonds. The molecule has 1 aromatic rings. The van der Waals surface area contributed by atoms with Crippen LogP contribution in [-0.2, 0) is 9.53 Å². The Kier molecular flexibility index (Phi) is 5.08. The first-order chi connectivity index (χ1) is 8.11. The van der Waals surface area contributed by atoms with Crippen molar-refractivity contribution in [3.63, 3.8) is 0 Å². The van der Waals surface area contributed by atoms with Gasteiger partial charge in [-0.3, -0.25) is 4.79 Å². The van der Waals surface area contributed by atoms with E-state index in [-0.39, 0.29) is 23.6 Å². The molecule has 0 aromatic heterocycles. The highest BCUT2D eigenvalue weighted by Gasteiger charge is 2.25. The maximum Gasteiger partial charge on any atom is 0.156 e. The summed E-state index contributed by atoms with van der Waals surface area (Å²) in [5.41, 5.74) is -0.0576. The van der Waals surface area contributed by atoms with Crippen molar-refractivity contribution in [1.29, 1.82) is 5.26 Å². The third-order valence-corrected chi connectivity index (χ3v) is 2.62. The third-order valence-electron chi connectivity index (χ3n) is 2.29. The summed E-state index contributed by atoms with van der Waals surface area (Å²) in [5.74, 6) is -2.23. The van der Waals surface area contributed by atoms with Crippen molar-refractivity contribution >= 4 is 17.4 Å². The Morgan fingerprint density at radius 1 is 1.65 bits per heavy atom. The lowest BCUT2D eigenvalue weighted by atomic mass is 9.94. The van der Waals surface area contributed by atoms with Gasteiger partial charge in [0.1, 0.15) is 11.7 Å². The van der Waals surface area contributed by atoms with E-state index in [0.717, 1.165) is 0 Å². The van der Waals surface area contributed by atoms with E-state index in [1.165, 1.54) is 25.3 Å². The molecule has 1 aromatic carbocycles. The molecule has 90 valence electrons. The second-order valence-electron chi connectivity index (χ2n) is 3.41. The number of methoxy groups -OCH3 is 1. The van der Waals surface area contributed by atoms with E-state index in [2.05, 4.69) is 0 Å². The first-order valence-corrected chi connectivity index (χ1v) is 5.34. The summed E-state index contributed by atoms with van der Waals surface area (Å²) in [6, 6.07) is 5.83. The van der Waals surface area contributed by atoms with Gasteiger partial charge in [-0.1, -0.05) is 17.7 Å². The monoisotopic (exact) mass is 255 g/mol. The summed E-state index contributed by atoms with van der Waals surface area (Å²) in [5, 5.41) is 9.05. The van der Waals surface area contributed by atoms with Gasteiger partial charge >= 0.3 is 0 Å². The van der Waals surface area contributed by atoms with Crippen molar-refractivity contribution in [2.24, 2.45) is 0 Å². The fourth-order valence-corrected chi connectivity index (χ4v) is 1.70. The first-order valence-electron chi connectivity index (χ1n) is 4.97. The van der Waals surface area contributed by atoms with E-state index in [9.17, 15) is 9.18 Å². The number of benzene rings is 1. The molecule has 0 bridgehead atoms. The predicted octanol–water partition coefficient (Wildman–Crippen LogP) is 2.69. The van der Waals surface area contributed by atoms with Crippen molar-refractivity contribution in [3.8, 4) is 6.07 Å². The molecule has 0 aliphatic rings. The third kappa shape index (κ3) is 3.26. The first kappa shape index (κ1) is 13.6. The van der Waals surface area contributed by atoms with Crippen molar-refractivity contribution in [3.05, 3.63) is 34.6 Å². The van der Waals surface area contributed by atoms with E-state index < -0.39 is 17.5 Å². The van der Waals surface area contributed by atoms with Crippen LogP contribution >= 0.6 is 11.6 Å². The second-order valence-corrected chi connectivity index (χ2v) is 3.81. The highest BCUT2D eigenvalue weighted by Crippen LogP contribution is 2.28. The van der Waals surface area contributed by atoms with Gasteiger partial charge in [0.05, 0.1) is 12.7 Å². The molecule has 0 spiro atoms. The van der Waals surface area contributed by atoms with Gasteiger partial charge in [-0.05, 0) is 12.1 Å². The average Bonchev–Trinajstić information content (AvgIpc) is 2.31. The summed E-state index contributed by atoms with van der Waals surface area (Å²) in [7, 11) is 1.45. The molecule has 1 atom stereocenters. The number of ether oxygens (including phenoxy) is 1. The lowest BCUT2D eigenvalue weighted by Gasteiger charge is -2.11. The van der Waals surface area contributed by atoms with Gasteiger partial charge in [0.25, 0.3) is 0 Å². The van der Waals surface area contributed by atoms with Crippen molar-refractivity contribution in [2.75, 3.05) is 13.7 Å². The van der Waals surface area contributed by atoms with Gasteiger partial charge in [0.2, 0.25) is 0 Å². The van der Waals surface area contributed by atoms with E-state index in [4.69, 9.17) is 21.6 Å². The van der Waals surface area contributed by atoms with Crippen LogP contribution in [0, 0.1) is 17.1 Å². The van der Waals surface area contributed by atoms with Gasteiger partial charge in [0.15, 0.2) is 5.78 Å². The largest absolute Gasteiger partial charge is 0.384 e. The van der Waals surface area contributed by atoms with Crippen molar-refractivity contribution < 1.29 is 13.9 Å². The number of Topliss-reactive ketones (excluding diaryl/α,β-unsaturated/α-hetero) is 1. The molecular weight excluding hydrogens is 245 g/mol. The highest BCUT2D eigenvalue weighted by atomic mass is 35.5. The smallest absolute Gasteiger partial charge is 0.156 e. The summed E-state index contributed by atoms with van der Waals surface area (Å²) in [4.78, 5) is 11.7. The average molecular weight is 256 g/mol. The number of carbonyl (C=O) groups excluding carboxylic acids is 1. The van der Waals surface area contributed by atoms with Gasteiger partial charge in [-0.15, -0.1) is 0 Å². The quantitative estimate of drug-likeness (QED) is 0.813. The maximum absolute atomic E-state index is 13.6. The van der Waals surface area contributed by atoms with E-state index in [0.29, 0.717) is 0 Å². The molecule has 0 heterocycles. The van der Waals surface area contributed by atoms with Crippen LogP contribution in [0.15, 0.2) is 18.2 Å². The van der Waals surface area contributed by atoms with Crippen molar-refractivity contribution in [1.82, 2.24) is 0 Å². The Balaban J connectivity index is 3.03. The predicted molar refractivity (Wildman–Crippen MR) is 61.3 cm³/mol. The van der Waals surface area contributed by atoms with Crippen molar-refractivity contribution in [2.45, 2.75) is 12.3 Å². The maximum atomic E-state index is 13.6. The number of carbonyl (C=O) groups is 1. The molecular formula is C12H11ClFNO2. The van der Waals surface area contributed by atoms with E-state index in [1.807, 2.05) is 0 Å².